The minimum absolute atomic E-state index is 0.0152. The Balaban J connectivity index is 1.72. The van der Waals surface area contributed by atoms with Gasteiger partial charge in [-0.15, -0.1) is 0 Å². The first-order chi connectivity index (χ1) is 14.4. The minimum atomic E-state index is -3.72. The highest BCUT2D eigenvalue weighted by Gasteiger charge is 2.41. The number of methoxy groups -OCH3 is 1. The lowest BCUT2D eigenvalue weighted by molar-refractivity contribution is 0.162. The molecule has 2 aliphatic heterocycles. The molecular formula is C22H26Cl2N2O3S. The second-order valence-electron chi connectivity index (χ2n) is 7.97. The standard InChI is InChI=1S/C22H26Cl2N2O3S/c1-29-19-6-4-17-14-26(10-8-15(17)11-19)22(16-3-2-9-25-13-16)30(27,28)21-12-18(23)5-7-20(21)24/h4-7,11-12,16,22,25H,2-3,8-10,13-14H2,1H3. The van der Waals surface area contributed by atoms with Gasteiger partial charge in [-0.2, -0.15) is 0 Å². The third-order valence-corrected chi connectivity index (χ3v) is 9.02. The molecule has 1 saturated heterocycles. The molecule has 2 heterocycles. The van der Waals surface area contributed by atoms with Crippen LogP contribution in [0.3, 0.4) is 0 Å². The third kappa shape index (κ3) is 4.34. The van der Waals surface area contributed by atoms with Crippen LogP contribution in [0, 0.1) is 5.92 Å². The van der Waals surface area contributed by atoms with Gasteiger partial charge in [-0.3, -0.25) is 4.90 Å². The highest BCUT2D eigenvalue weighted by atomic mass is 35.5. The quantitative estimate of drug-likeness (QED) is 0.713. The summed E-state index contributed by atoms with van der Waals surface area (Å²) in [5, 5.41) is 3.30. The smallest absolute Gasteiger partial charge is 0.196 e. The number of benzene rings is 2. The lowest BCUT2D eigenvalue weighted by Crippen LogP contribution is -2.52. The summed E-state index contributed by atoms with van der Waals surface area (Å²) in [6.45, 7) is 2.84. The van der Waals surface area contributed by atoms with Crippen molar-refractivity contribution in [3.8, 4) is 5.75 Å². The van der Waals surface area contributed by atoms with Crippen molar-refractivity contribution in [2.45, 2.75) is 36.1 Å². The van der Waals surface area contributed by atoms with Crippen LogP contribution in [0.25, 0.3) is 0 Å². The Morgan fingerprint density at radius 2 is 2.00 bits per heavy atom. The van der Waals surface area contributed by atoms with Crippen LogP contribution in [0.1, 0.15) is 24.0 Å². The minimum Gasteiger partial charge on any atom is -0.497 e. The van der Waals surface area contributed by atoms with Gasteiger partial charge in [0, 0.05) is 30.6 Å². The molecule has 1 fully saturated rings. The summed E-state index contributed by atoms with van der Waals surface area (Å²) in [6, 6.07) is 10.7. The first kappa shape index (κ1) is 21.9. The van der Waals surface area contributed by atoms with Crippen LogP contribution < -0.4 is 10.1 Å². The summed E-state index contributed by atoms with van der Waals surface area (Å²) in [4.78, 5) is 2.21. The largest absolute Gasteiger partial charge is 0.497 e. The summed E-state index contributed by atoms with van der Waals surface area (Å²) >= 11 is 12.5. The number of piperidine rings is 1. The van der Waals surface area contributed by atoms with Crippen molar-refractivity contribution in [3.63, 3.8) is 0 Å². The highest BCUT2D eigenvalue weighted by molar-refractivity contribution is 7.92. The predicted octanol–water partition coefficient (Wildman–Crippen LogP) is 4.16. The SMILES string of the molecule is COc1ccc2c(c1)CCN(C(C1CCCNC1)S(=O)(=O)c1cc(Cl)ccc1Cl)C2. The van der Waals surface area contributed by atoms with E-state index in [0.717, 1.165) is 37.1 Å². The molecule has 2 unspecified atom stereocenters. The summed E-state index contributed by atoms with van der Waals surface area (Å²) in [7, 11) is -2.07. The van der Waals surface area contributed by atoms with E-state index in [1.165, 1.54) is 11.6 Å². The van der Waals surface area contributed by atoms with E-state index in [1.807, 2.05) is 18.2 Å². The number of hydrogen-bond acceptors (Lipinski definition) is 5. The van der Waals surface area contributed by atoms with E-state index < -0.39 is 15.2 Å². The Morgan fingerprint density at radius 1 is 1.17 bits per heavy atom. The van der Waals surface area contributed by atoms with Crippen molar-refractivity contribution in [3.05, 3.63) is 57.6 Å². The molecule has 2 aliphatic rings. The Morgan fingerprint density at radius 3 is 2.73 bits per heavy atom. The molecule has 2 atom stereocenters. The van der Waals surface area contributed by atoms with E-state index in [2.05, 4.69) is 10.2 Å². The third-order valence-electron chi connectivity index (χ3n) is 6.07. The molecule has 0 radical (unpaired) electrons. The average molecular weight is 469 g/mol. The molecule has 0 aromatic heterocycles. The fourth-order valence-corrected chi connectivity index (χ4v) is 7.47. The van der Waals surface area contributed by atoms with E-state index in [4.69, 9.17) is 27.9 Å². The van der Waals surface area contributed by atoms with Crippen LogP contribution in [0.15, 0.2) is 41.3 Å². The zero-order valence-corrected chi connectivity index (χ0v) is 19.2. The first-order valence-corrected chi connectivity index (χ1v) is 12.5. The normalized spacial score (nSPS) is 21.1. The van der Waals surface area contributed by atoms with Gasteiger partial charge in [0.15, 0.2) is 9.84 Å². The molecule has 8 heteroatoms. The Bertz CT molecular complexity index is 1020. The van der Waals surface area contributed by atoms with Gasteiger partial charge in [-0.05, 0) is 67.3 Å². The van der Waals surface area contributed by atoms with Crippen molar-refractivity contribution in [1.82, 2.24) is 10.2 Å². The molecular weight excluding hydrogens is 443 g/mol. The summed E-state index contributed by atoms with van der Waals surface area (Å²) in [6.07, 6.45) is 2.60. The molecule has 2 aromatic rings. The maximum atomic E-state index is 13.9. The van der Waals surface area contributed by atoms with Gasteiger partial charge in [-0.25, -0.2) is 8.42 Å². The number of fused-ring (bicyclic) bond motifs is 1. The number of sulfone groups is 1. The van der Waals surface area contributed by atoms with Gasteiger partial charge < -0.3 is 10.1 Å². The average Bonchev–Trinajstić information content (AvgIpc) is 2.75. The molecule has 5 nitrogen and oxygen atoms in total. The van der Waals surface area contributed by atoms with Crippen LogP contribution in [0.5, 0.6) is 5.75 Å². The number of nitrogens with one attached hydrogen (secondary N) is 1. The van der Waals surface area contributed by atoms with Crippen molar-refractivity contribution < 1.29 is 13.2 Å². The summed E-state index contributed by atoms with van der Waals surface area (Å²) < 4.78 is 33.1. The maximum Gasteiger partial charge on any atom is 0.196 e. The van der Waals surface area contributed by atoms with Crippen molar-refractivity contribution >= 4 is 33.0 Å². The zero-order chi connectivity index (χ0) is 21.3. The number of halogens is 2. The van der Waals surface area contributed by atoms with Crippen molar-refractivity contribution in [2.75, 3.05) is 26.7 Å². The lowest BCUT2D eigenvalue weighted by atomic mass is 9.95. The number of rotatable bonds is 5. The molecule has 0 aliphatic carbocycles. The van der Waals surface area contributed by atoms with Gasteiger partial charge in [0.1, 0.15) is 11.1 Å². The van der Waals surface area contributed by atoms with Crippen molar-refractivity contribution in [2.24, 2.45) is 5.92 Å². The van der Waals surface area contributed by atoms with Gasteiger partial charge >= 0.3 is 0 Å². The van der Waals surface area contributed by atoms with Crippen LogP contribution >= 0.6 is 23.2 Å². The van der Waals surface area contributed by atoms with E-state index in [9.17, 15) is 8.42 Å². The van der Waals surface area contributed by atoms with Crippen molar-refractivity contribution in [1.29, 1.82) is 0 Å². The van der Waals surface area contributed by atoms with E-state index in [-0.39, 0.29) is 15.8 Å². The Labute approximate surface area is 188 Å². The molecule has 4 rings (SSSR count). The molecule has 0 amide bonds. The number of ether oxygens (including phenoxy) is 1. The monoisotopic (exact) mass is 468 g/mol. The molecule has 30 heavy (non-hydrogen) atoms. The Kier molecular flexibility index (Phi) is 6.61. The van der Waals surface area contributed by atoms with Gasteiger partial charge in [0.2, 0.25) is 0 Å². The molecule has 0 saturated carbocycles. The Hall–Kier alpha value is -1.31. The van der Waals surface area contributed by atoms with Crippen LogP contribution in [0.4, 0.5) is 0 Å². The van der Waals surface area contributed by atoms with E-state index in [1.54, 1.807) is 19.2 Å². The number of hydrogen-bond donors (Lipinski definition) is 1. The number of nitrogens with zero attached hydrogens (tertiary/aromatic N) is 1. The highest BCUT2D eigenvalue weighted by Crippen LogP contribution is 2.36. The first-order valence-electron chi connectivity index (χ1n) is 10.2. The fourth-order valence-electron chi connectivity index (χ4n) is 4.59. The van der Waals surface area contributed by atoms with E-state index in [0.29, 0.717) is 24.7 Å². The van der Waals surface area contributed by atoms with Crippen LogP contribution in [0.2, 0.25) is 10.0 Å². The fraction of sp³-hybridized carbons (Fsp3) is 0.455. The summed E-state index contributed by atoms with van der Waals surface area (Å²) in [5.41, 5.74) is 2.35. The lowest BCUT2D eigenvalue weighted by Gasteiger charge is -2.40. The molecule has 2 aromatic carbocycles. The molecule has 1 N–H and O–H groups in total. The second kappa shape index (κ2) is 9.05. The molecule has 0 bridgehead atoms. The molecule has 0 spiro atoms. The maximum absolute atomic E-state index is 13.9. The summed E-state index contributed by atoms with van der Waals surface area (Å²) in [5.74, 6) is 0.812. The van der Waals surface area contributed by atoms with Gasteiger partial charge in [0.05, 0.1) is 17.0 Å². The second-order valence-corrected chi connectivity index (χ2v) is 10.8. The molecule has 162 valence electrons. The predicted molar refractivity (Wildman–Crippen MR) is 120 cm³/mol. The van der Waals surface area contributed by atoms with Crippen LogP contribution in [-0.4, -0.2) is 45.4 Å². The van der Waals surface area contributed by atoms with Gasteiger partial charge in [-0.1, -0.05) is 29.3 Å². The zero-order valence-electron chi connectivity index (χ0n) is 16.9. The van der Waals surface area contributed by atoms with Crippen LogP contribution in [-0.2, 0) is 22.8 Å². The topological polar surface area (TPSA) is 58.6 Å². The van der Waals surface area contributed by atoms with E-state index >= 15 is 0 Å². The van der Waals surface area contributed by atoms with Gasteiger partial charge in [0.25, 0.3) is 0 Å².